The SMILES string of the molecule is Cc1cc(C(=O)NCCN(C)c2ccccc2)ccc1N(C)S(C)(=O)=O. The van der Waals surface area contributed by atoms with E-state index in [9.17, 15) is 13.2 Å². The quantitative estimate of drug-likeness (QED) is 0.806. The monoisotopic (exact) mass is 375 g/mol. The second-order valence-electron chi connectivity index (χ2n) is 6.24. The zero-order valence-electron chi connectivity index (χ0n) is 15.6. The summed E-state index contributed by atoms with van der Waals surface area (Å²) in [6, 6.07) is 14.9. The molecule has 7 heteroatoms. The number of nitrogens with zero attached hydrogens (tertiary/aromatic N) is 2. The van der Waals surface area contributed by atoms with E-state index in [1.807, 2.05) is 37.4 Å². The Morgan fingerprint density at radius 1 is 1.08 bits per heavy atom. The van der Waals surface area contributed by atoms with Crippen molar-refractivity contribution in [3.05, 3.63) is 59.7 Å². The number of hydrogen-bond donors (Lipinski definition) is 1. The Kier molecular flexibility index (Phi) is 6.26. The fourth-order valence-corrected chi connectivity index (χ4v) is 3.14. The molecule has 2 rings (SSSR count). The number of sulfonamides is 1. The van der Waals surface area contributed by atoms with Gasteiger partial charge in [0.2, 0.25) is 10.0 Å². The Morgan fingerprint density at radius 3 is 2.31 bits per heavy atom. The molecule has 0 spiro atoms. The summed E-state index contributed by atoms with van der Waals surface area (Å²) in [5.41, 5.74) is 2.89. The Balaban J connectivity index is 1.97. The maximum Gasteiger partial charge on any atom is 0.251 e. The van der Waals surface area contributed by atoms with Crippen molar-refractivity contribution in [3.8, 4) is 0 Å². The summed E-state index contributed by atoms with van der Waals surface area (Å²) in [5, 5.41) is 2.89. The maximum atomic E-state index is 12.3. The summed E-state index contributed by atoms with van der Waals surface area (Å²) < 4.78 is 24.5. The molecule has 2 aromatic carbocycles. The topological polar surface area (TPSA) is 69.7 Å². The van der Waals surface area contributed by atoms with Crippen LogP contribution in [0.25, 0.3) is 0 Å². The number of carbonyl (C=O) groups excluding carboxylic acids is 1. The van der Waals surface area contributed by atoms with Crippen LogP contribution >= 0.6 is 0 Å². The van der Waals surface area contributed by atoms with Crippen LogP contribution in [0.3, 0.4) is 0 Å². The summed E-state index contributed by atoms with van der Waals surface area (Å²) in [6.07, 6.45) is 1.15. The molecular formula is C19H25N3O3S. The van der Waals surface area contributed by atoms with Crippen molar-refractivity contribution in [2.45, 2.75) is 6.92 Å². The average molecular weight is 375 g/mol. The molecule has 0 aromatic heterocycles. The molecule has 0 bridgehead atoms. The molecule has 2 aromatic rings. The normalized spacial score (nSPS) is 11.1. The Hall–Kier alpha value is -2.54. The first kappa shape index (κ1) is 19.8. The van der Waals surface area contributed by atoms with E-state index in [1.165, 1.54) is 11.4 Å². The van der Waals surface area contributed by atoms with E-state index in [0.29, 0.717) is 24.3 Å². The minimum absolute atomic E-state index is 0.178. The van der Waals surface area contributed by atoms with E-state index in [1.54, 1.807) is 25.1 Å². The van der Waals surface area contributed by atoms with Crippen molar-refractivity contribution in [3.63, 3.8) is 0 Å². The predicted molar refractivity (Wildman–Crippen MR) is 106 cm³/mol. The van der Waals surface area contributed by atoms with Crippen LogP contribution in [-0.4, -0.2) is 47.8 Å². The zero-order valence-corrected chi connectivity index (χ0v) is 16.4. The van der Waals surface area contributed by atoms with Gasteiger partial charge in [0.1, 0.15) is 0 Å². The van der Waals surface area contributed by atoms with Gasteiger partial charge in [-0.25, -0.2) is 8.42 Å². The lowest BCUT2D eigenvalue weighted by Crippen LogP contribution is -2.33. The number of rotatable bonds is 7. The van der Waals surface area contributed by atoms with Crippen LogP contribution in [0, 0.1) is 6.92 Å². The summed E-state index contributed by atoms with van der Waals surface area (Å²) in [4.78, 5) is 14.4. The summed E-state index contributed by atoms with van der Waals surface area (Å²) in [6.45, 7) is 2.98. The molecule has 0 saturated heterocycles. The first-order valence-electron chi connectivity index (χ1n) is 8.29. The summed E-state index contributed by atoms with van der Waals surface area (Å²) in [5.74, 6) is -0.178. The van der Waals surface area contributed by atoms with Crippen molar-refractivity contribution in [1.82, 2.24) is 5.32 Å². The molecule has 0 aliphatic heterocycles. The molecule has 0 atom stereocenters. The van der Waals surface area contributed by atoms with Crippen molar-refractivity contribution < 1.29 is 13.2 Å². The first-order valence-corrected chi connectivity index (χ1v) is 10.1. The third kappa shape index (κ3) is 4.98. The number of aryl methyl sites for hydroxylation is 1. The molecule has 1 amide bonds. The minimum atomic E-state index is -3.33. The average Bonchev–Trinajstić information content (AvgIpc) is 2.60. The van der Waals surface area contributed by atoms with Gasteiger partial charge in [-0.2, -0.15) is 0 Å². The number of hydrogen-bond acceptors (Lipinski definition) is 4. The molecule has 140 valence electrons. The third-order valence-electron chi connectivity index (χ3n) is 4.23. The van der Waals surface area contributed by atoms with Crippen LogP contribution in [0.1, 0.15) is 15.9 Å². The maximum absolute atomic E-state index is 12.3. The number of anilines is 2. The van der Waals surface area contributed by atoms with E-state index in [0.717, 1.165) is 17.5 Å². The molecule has 0 heterocycles. The Morgan fingerprint density at radius 2 is 1.73 bits per heavy atom. The molecule has 26 heavy (non-hydrogen) atoms. The molecule has 6 nitrogen and oxygen atoms in total. The van der Waals surface area contributed by atoms with Crippen LogP contribution in [0.2, 0.25) is 0 Å². The largest absolute Gasteiger partial charge is 0.373 e. The van der Waals surface area contributed by atoms with Crippen LogP contribution in [0.4, 0.5) is 11.4 Å². The number of benzene rings is 2. The molecule has 0 fully saturated rings. The zero-order chi connectivity index (χ0) is 19.3. The lowest BCUT2D eigenvalue weighted by molar-refractivity contribution is 0.0954. The minimum Gasteiger partial charge on any atom is -0.373 e. The fraction of sp³-hybridized carbons (Fsp3) is 0.316. The van der Waals surface area contributed by atoms with Gasteiger partial charge in [-0.3, -0.25) is 9.10 Å². The molecular weight excluding hydrogens is 350 g/mol. The van der Waals surface area contributed by atoms with Gasteiger partial charge in [0.05, 0.1) is 11.9 Å². The van der Waals surface area contributed by atoms with Crippen molar-refractivity contribution in [1.29, 1.82) is 0 Å². The highest BCUT2D eigenvalue weighted by Crippen LogP contribution is 2.22. The highest BCUT2D eigenvalue weighted by atomic mass is 32.2. The van der Waals surface area contributed by atoms with Gasteiger partial charge in [-0.15, -0.1) is 0 Å². The molecule has 1 N–H and O–H groups in total. The number of likely N-dealkylation sites (N-methyl/N-ethyl adjacent to an activating group) is 1. The summed E-state index contributed by atoms with van der Waals surface area (Å²) >= 11 is 0. The number of nitrogens with one attached hydrogen (secondary N) is 1. The van der Waals surface area contributed by atoms with Crippen LogP contribution in [0.15, 0.2) is 48.5 Å². The van der Waals surface area contributed by atoms with Gasteiger partial charge in [-0.1, -0.05) is 18.2 Å². The number of carbonyl (C=O) groups is 1. The smallest absolute Gasteiger partial charge is 0.251 e. The van der Waals surface area contributed by atoms with Crippen LogP contribution in [-0.2, 0) is 10.0 Å². The van der Waals surface area contributed by atoms with E-state index in [2.05, 4.69) is 10.2 Å². The van der Waals surface area contributed by atoms with Gasteiger partial charge in [0.25, 0.3) is 5.91 Å². The lowest BCUT2D eigenvalue weighted by Gasteiger charge is -2.20. The predicted octanol–water partition coefficient (Wildman–Crippen LogP) is 2.26. The summed E-state index contributed by atoms with van der Waals surface area (Å²) in [7, 11) is 0.136. The van der Waals surface area contributed by atoms with Gasteiger partial charge in [0, 0.05) is 38.4 Å². The fourth-order valence-electron chi connectivity index (χ4n) is 2.58. The lowest BCUT2D eigenvalue weighted by atomic mass is 10.1. The van der Waals surface area contributed by atoms with Gasteiger partial charge in [-0.05, 0) is 42.8 Å². The molecule has 0 radical (unpaired) electrons. The van der Waals surface area contributed by atoms with E-state index >= 15 is 0 Å². The molecule has 0 aliphatic carbocycles. The number of amides is 1. The van der Waals surface area contributed by atoms with E-state index < -0.39 is 10.0 Å². The van der Waals surface area contributed by atoms with Crippen LogP contribution in [0.5, 0.6) is 0 Å². The second-order valence-corrected chi connectivity index (χ2v) is 8.26. The van der Waals surface area contributed by atoms with Gasteiger partial charge < -0.3 is 10.2 Å². The van der Waals surface area contributed by atoms with Crippen molar-refractivity contribution in [2.24, 2.45) is 0 Å². The molecule has 0 aliphatic rings. The highest BCUT2D eigenvalue weighted by molar-refractivity contribution is 7.92. The second kappa shape index (κ2) is 8.23. The van der Waals surface area contributed by atoms with Gasteiger partial charge in [0.15, 0.2) is 0 Å². The first-order chi connectivity index (χ1) is 12.2. The van der Waals surface area contributed by atoms with Crippen LogP contribution < -0.4 is 14.5 Å². The Bertz CT molecular complexity index is 867. The third-order valence-corrected chi connectivity index (χ3v) is 5.42. The highest BCUT2D eigenvalue weighted by Gasteiger charge is 2.15. The van der Waals surface area contributed by atoms with Gasteiger partial charge >= 0.3 is 0 Å². The molecule has 0 saturated carbocycles. The van der Waals surface area contributed by atoms with E-state index in [4.69, 9.17) is 0 Å². The number of para-hydroxylation sites is 1. The van der Waals surface area contributed by atoms with Crippen molar-refractivity contribution in [2.75, 3.05) is 42.6 Å². The standard InChI is InChI=1S/C19H25N3O3S/c1-15-14-16(10-11-18(15)22(3)26(4,24)25)19(23)20-12-13-21(2)17-8-6-5-7-9-17/h5-11,14H,12-13H2,1-4H3,(H,20,23). The van der Waals surface area contributed by atoms with Crippen molar-refractivity contribution >= 4 is 27.3 Å². The Labute approximate surface area is 155 Å². The van der Waals surface area contributed by atoms with E-state index in [-0.39, 0.29) is 5.91 Å². The molecule has 0 unspecified atom stereocenters.